The number of quaternary nitrogens is 1. The number of hydrogen-bond donors (Lipinski definition) is 0. The first-order valence-corrected chi connectivity index (χ1v) is 9.45. The molecule has 28 heavy (non-hydrogen) atoms. The van der Waals surface area contributed by atoms with E-state index in [-0.39, 0.29) is 5.41 Å². The molecular formula is C21H26BF4NO. The van der Waals surface area contributed by atoms with Crippen LogP contribution in [0.1, 0.15) is 31.4 Å². The lowest BCUT2D eigenvalue weighted by molar-refractivity contribution is -0.832. The molecule has 3 atom stereocenters. The van der Waals surface area contributed by atoms with E-state index in [0.717, 1.165) is 12.3 Å². The molecule has 2 nitrogen and oxygen atoms in total. The van der Waals surface area contributed by atoms with Crippen LogP contribution in [-0.2, 0) is 12.0 Å². The molecule has 3 unspecified atom stereocenters. The average Bonchev–Trinajstić information content (AvgIpc) is 3.18. The van der Waals surface area contributed by atoms with Crippen molar-refractivity contribution < 1.29 is 26.5 Å². The van der Waals surface area contributed by atoms with Crippen molar-refractivity contribution in [2.75, 3.05) is 20.2 Å². The van der Waals surface area contributed by atoms with Crippen LogP contribution in [0.25, 0.3) is 0 Å². The lowest BCUT2D eigenvalue weighted by Gasteiger charge is -2.29. The van der Waals surface area contributed by atoms with Gasteiger partial charge in [0.2, 0.25) is 0 Å². The Morgan fingerprint density at radius 2 is 1.64 bits per heavy atom. The largest absolute Gasteiger partial charge is 0.673 e. The highest BCUT2D eigenvalue weighted by Crippen LogP contribution is 2.63. The van der Waals surface area contributed by atoms with Gasteiger partial charge in [0.1, 0.15) is 18.8 Å². The van der Waals surface area contributed by atoms with Gasteiger partial charge in [-0.2, -0.15) is 0 Å². The molecule has 0 saturated carbocycles. The van der Waals surface area contributed by atoms with Gasteiger partial charge in [0.15, 0.2) is 5.54 Å². The number of ether oxygens (including phenoxy) is 1. The molecule has 2 fully saturated rings. The molecule has 0 bridgehead atoms. The van der Waals surface area contributed by atoms with Gasteiger partial charge in [-0.05, 0) is 31.5 Å². The Bertz CT molecular complexity index is 821. The van der Waals surface area contributed by atoms with Crippen molar-refractivity contribution in [3.8, 4) is 5.75 Å². The first-order chi connectivity index (χ1) is 13.0. The number of methoxy groups -OCH3 is 1. The quantitative estimate of drug-likeness (QED) is 0.290. The maximum absolute atomic E-state index is 9.75. The minimum absolute atomic E-state index is 0.232. The Morgan fingerprint density at radius 1 is 1.00 bits per heavy atom. The molecule has 0 amide bonds. The van der Waals surface area contributed by atoms with Gasteiger partial charge in [-0.15, -0.1) is 0 Å². The van der Waals surface area contributed by atoms with Crippen molar-refractivity contribution in [2.45, 2.75) is 37.8 Å². The topological polar surface area (TPSA) is 9.23 Å². The fraction of sp³-hybridized carbons (Fsp3) is 0.429. The fourth-order valence-electron chi connectivity index (χ4n) is 4.95. The highest BCUT2D eigenvalue weighted by molar-refractivity contribution is 6.50. The van der Waals surface area contributed by atoms with Gasteiger partial charge >= 0.3 is 7.25 Å². The lowest BCUT2D eigenvalue weighted by Crippen LogP contribution is -2.39. The molecule has 0 spiro atoms. The summed E-state index contributed by atoms with van der Waals surface area (Å²) < 4.78 is 45.7. The summed E-state index contributed by atoms with van der Waals surface area (Å²) in [6.45, 7) is 8.67. The van der Waals surface area contributed by atoms with Crippen molar-refractivity contribution in [2.24, 2.45) is 0 Å². The zero-order valence-electron chi connectivity index (χ0n) is 16.5. The van der Waals surface area contributed by atoms with E-state index in [2.05, 4.69) is 62.4 Å². The Labute approximate surface area is 163 Å². The summed E-state index contributed by atoms with van der Waals surface area (Å²) in [6, 6.07) is 19.7. The third-order valence-corrected chi connectivity index (χ3v) is 6.82. The summed E-state index contributed by atoms with van der Waals surface area (Å²) in [5, 5.41) is 0. The van der Waals surface area contributed by atoms with Crippen LogP contribution in [0.4, 0.5) is 17.3 Å². The van der Waals surface area contributed by atoms with Crippen molar-refractivity contribution in [3.05, 3.63) is 65.7 Å². The Morgan fingerprint density at radius 3 is 2.21 bits per heavy atom. The van der Waals surface area contributed by atoms with Crippen LogP contribution in [0, 0.1) is 0 Å². The third-order valence-electron chi connectivity index (χ3n) is 6.82. The smallest absolute Gasteiger partial charge is 0.497 e. The van der Waals surface area contributed by atoms with Crippen LogP contribution < -0.4 is 4.74 Å². The van der Waals surface area contributed by atoms with Gasteiger partial charge in [-0.1, -0.05) is 42.5 Å². The normalized spacial score (nSPS) is 30.8. The summed E-state index contributed by atoms with van der Waals surface area (Å²) in [5.41, 5.74) is 3.47. The Kier molecular flexibility index (Phi) is 5.25. The lowest BCUT2D eigenvalue weighted by atomic mass is 9.71. The summed E-state index contributed by atoms with van der Waals surface area (Å²) in [6.07, 6.45) is 1.25. The van der Waals surface area contributed by atoms with E-state index >= 15 is 0 Å². The second kappa shape index (κ2) is 7.10. The molecule has 152 valence electrons. The van der Waals surface area contributed by atoms with Crippen molar-refractivity contribution in [1.29, 1.82) is 0 Å². The van der Waals surface area contributed by atoms with E-state index in [0.29, 0.717) is 5.54 Å². The molecule has 7 heteroatoms. The van der Waals surface area contributed by atoms with Crippen LogP contribution in [0.2, 0.25) is 0 Å². The van der Waals surface area contributed by atoms with E-state index in [4.69, 9.17) is 4.74 Å². The van der Waals surface area contributed by atoms with Gasteiger partial charge in [-0.3, -0.25) is 0 Å². The first-order valence-electron chi connectivity index (χ1n) is 9.45. The zero-order chi connectivity index (χ0) is 20.6. The summed E-state index contributed by atoms with van der Waals surface area (Å²) in [5.74, 6) is 0.973. The SMILES string of the molecule is COc1cccc(C2(C)CC[N+]3(Cc4ccccc4)CC23C)c1.F[B-](F)(F)F. The second-order valence-corrected chi connectivity index (χ2v) is 8.25. The number of rotatable bonds is 4. The van der Waals surface area contributed by atoms with Gasteiger partial charge in [0.25, 0.3) is 0 Å². The number of fused-ring (bicyclic) bond motifs is 1. The third kappa shape index (κ3) is 3.77. The van der Waals surface area contributed by atoms with Crippen LogP contribution in [0.3, 0.4) is 0 Å². The predicted octanol–water partition coefficient (Wildman–Crippen LogP) is 5.45. The number of piperidine rings is 1. The van der Waals surface area contributed by atoms with Gasteiger partial charge in [-0.25, -0.2) is 0 Å². The highest BCUT2D eigenvalue weighted by Gasteiger charge is 2.78. The van der Waals surface area contributed by atoms with E-state index < -0.39 is 7.25 Å². The van der Waals surface area contributed by atoms with E-state index in [1.165, 1.54) is 35.1 Å². The van der Waals surface area contributed by atoms with Crippen molar-refractivity contribution >= 4 is 7.25 Å². The second-order valence-electron chi connectivity index (χ2n) is 8.25. The molecule has 2 aromatic carbocycles. The maximum Gasteiger partial charge on any atom is 0.673 e. The van der Waals surface area contributed by atoms with Crippen molar-refractivity contribution in [3.63, 3.8) is 0 Å². The summed E-state index contributed by atoms with van der Waals surface area (Å²) in [4.78, 5) is 0. The molecular weight excluding hydrogens is 369 g/mol. The zero-order valence-corrected chi connectivity index (χ0v) is 16.5. The van der Waals surface area contributed by atoms with Crippen molar-refractivity contribution in [1.82, 2.24) is 0 Å². The van der Waals surface area contributed by atoms with Crippen LogP contribution >= 0.6 is 0 Å². The Balaban J connectivity index is 0.000000403. The molecule has 2 saturated heterocycles. The van der Waals surface area contributed by atoms with E-state index in [1.807, 2.05) is 6.07 Å². The molecule has 0 N–H and O–H groups in total. The number of benzene rings is 2. The molecule has 2 aromatic rings. The molecule has 0 radical (unpaired) electrons. The monoisotopic (exact) mass is 395 g/mol. The molecule has 2 aliphatic heterocycles. The maximum atomic E-state index is 9.75. The predicted molar refractivity (Wildman–Crippen MR) is 104 cm³/mol. The Hall–Kier alpha value is -2.02. The first kappa shape index (κ1) is 20.7. The minimum Gasteiger partial charge on any atom is -0.497 e. The van der Waals surface area contributed by atoms with E-state index in [1.54, 1.807) is 7.11 Å². The summed E-state index contributed by atoms with van der Waals surface area (Å²) in [7, 11) is -4.25. The average molecular weight is 395 g/mol. The number of hydrogen-bond acceptors (Lipinski definition) is 1. The minimum atomic E-state index is -6.00. The van der Waals surface area contributed by atoms with Crippen LogP contribution in [0.15, 0.2) is 54.6 Å². The van der Waals surface area contributed by atoms with Crippen LogP contribution in [-0.4, -0.2) is 37.5 Å². The van der Waals surface area contributed by atoms with Gasteiger partial charge < -0.3 is 26.5 Å². The molecule has 0 aromatic heterocycles. The van der Waals surface area contributed by atoms with Gasteiger partial charge in [0.05, 0.1) is 19.1 Å². The summed E-state index contributed by atoms with van der Waals surface area (Å²) >= 11 is 0. The van der Waals surface area contributed by atoms with E-state index in [9.17, 15) is 17.3 Å². The van der Waals surface area contributed by atoms with Crippen LogP contribution in [0.5, 0.6) is 5.75 Å². The number of halogens is 4. The molecule has 0 aliphatic carbocycles. The molecule has 2 aliphatic rings. The molecule has 2 heterocycles. The van der Waals surface area contributed by atoms with Gasteiger partial charge in [0, 0.05) is 12.0 Å². The highest BCUT2D eigenvalue weighted by atomic mass is 19.5. The standard InChI is InChI=1S/C21H26NO.BF4/c1-20(18-10-7-11-19(14-18)23-3)12-13-22(16-21(20,22)2)15-17-8-5-4-6-9-17;2-1(3,4)5/h4-11,14H,12-13,15-16H2,1-3H3;/q+1;-1. The molecule has 4 rings (SSSR count). The fourth-order valence-corrected chi connectivity index (χ4v) is 4.95. The number of nitrogens with zero attached hydrogens (tertiary/aromatic N) is 1.